The molecule has 0 aliphatic heterocycles. The van der Waals surface area contributed by atoms with Crippen LogP contribution in [0.1, 0.15) is 28.0 Å². The molecule has 0 aliphatic rings. The van der Waals surface area contributed by atoms with E-state index in [1.165, 1.54) is 6.92 Å². The number of aryl methyl sites for hydroxylation is 1. The molecule has 6 heteroatoms. The van der Waals surface area contributed by atoms with Crippen molar-refractivity contribution in [2.45, 2.75) is 13.3 Å². The van der Waals surface area contributed by atoms with Crippen LogP contribution in [-0.2, 0) is 0 Å². The van der Waals surface area contributed by atoms with E-state index in [9.17, 15) is 18.0 Å². The molecule has 0 saturated heterocycles. The zero-order valence-corrected chi connectivity index (χ0v) is 7.09. The minimum Gasteiger partial charge on any atom is -0.478 e. The number of alkyl halides is 2. The largest absolute Gasteiger partial charge is 0.478 e. The number of aromatic carboxylic acids is 1. The summed E-state index contributed by atoms with van der Waals surface area (Å²) in [5.41, 5.74) is -2.05. The fourth-order valence-electron chi connectivity index (χ4n) is 1.08. The maximum atomic E-state index is 12.9. The van der Waals surface area contributed by atoms with Gasteiger partial charge in [0.25, 0.3) is 6.43 Å². The molecular weight excluding hydrogens is 199 g/mol. The fourth-order valence-corrected chi connectivity index (χ4v) is 1.08. The van der Waals surface area contributed by atoms with Gasteiger partial charge in [0, 0.05) is 5.69 Å². The van der Waals surface area contributed by atoms with Gasteiger partial charge in [-0.15, -0.1) is 0 Å². The van der Waals surface area contributed by atoms with Gasteiger partial charge in [0.2, 0.25) is 0 Å². The Kier molecular flexibility index (Phi) is 2.73. The Labute approximate surface area is 77.2 Å². The summed E-state index contributed by atoms with van der Waals surface area (Å²) in [4.78, 5) is 13.8. The average molecular weight is 205 g/mol. The van der Waals surface area contributed by atoms with Crippen molar-refractivity contribution in [3.63, 3.8) is 0 Å². The van der Waals surface area contributed by atoms with Crippen molar-refractivity contribution in [2.75, 3.05) is 0 Å². The third-order valence-corrected chi connectivity index (χ3v) is 1.70. The van der Waals surface area contributed by atoms with E-state index in [0.717, 1.165) is 0 Å². The molecule has 0 atom stereocenters. The molecule has 0 saturated carbocycles. The summed E-state index contributed by atoms with van der Waals surface area (Å²) >= 11 is 0. The Hall–Kier alpha value is -1.59. The number of aromatic nitrogens is 1. The van der Waals surface area contributed by atoms with E-state index in [4.69, 9.17) is 5.11 Å². The van der Waals surface area contributed by atoms with Crippen molar-refractivity contribution in [3.05, 3.63) is 28.8 Å². The first kappa shape index (κ1) is 10.5. The molecule has 3 nitrogen and oxygen atoms in total. The van der Waals surface area contributed by atoms with Crippen molar-refractivity contribution >= 4 is 5.97 Å². The zero-order valence-electron chi connectivity index (χ0n) is 7.09. The second kappa shape index (κ2) is 3.65. The van der Waals surface area contributed by atoms with E-state index < -0.39 is 29.3 Å². The maximum Gasteiger partial charge on any atom is 0.339 e. The number of carboxylic acid groups (broad SMARTS) is 1. The summed E-state index contributed by atoms with van der Waals surface area (Å²) in [6, 6.07) is 0. The lowest BCUT2D eigenvalue weighted by Gasteiger charge is -2.08. The summed E-state index contributed by atoms with van der Waals surface area (Å²) < 4.78 is 37.6. The van der Waals surface area contributed by atoms with Gasteiger partial charge < -0.3 is 5.11 Å². The van der Waals surface area contributed by atoms with Crippen LogP contribution in [0, 0.1) is 12.7 Å². The van der Waals surface area contributed by atoms with Crippen molar-refractivity contribution in [3.8, 4) is 0 Å². The van der Waals surface area contributed by atoms with Gasteiger partial charge in [-0.05, 0) is 6.92 Å². The van der Waals surface area contributed by atoms with Crippen LogP contribution in [0.4, 0.5) is 13.2 Å². The fraction of sp³-hybridized carbons (Fsp3) is 0.250. The Morgan fingerprint density at radius 2 is 2.14 bits per heavy atom. The van der Waals surface area contributed by atoms with E-state index >= 15 is 0 Å². The average Bonchev–Trinajstić information content (AvgIpc) is 2.07. The van der Waals surface area contributed by atoms with Gasteiger partial charge in [-0.1, -0.05) is 0 Å². The molecule has 1 aromatic rings. The summed E-state index contributed by atoms with van der Waals surface area (Å²) in [5, 5.41) is 8.52. The Morgan fingerprint density at radius 1 is 1.57 bits per heavy atom. The maximum absolute atomic E-state index is 12.9. The van der Waals surface area contributed by atoms with Crippen LogP contribution in [0.5, 0.6) is 0 Å². The molecule has 0 amide bonds. The normalized spacial score (nSPS) is 10.6. The van der Waals surface area contributed by atoms with Gasteiger partial charge in [0.05, 0.1) is 11.8 Å². The highest BCUT2D eigenvalue weighted by Crippen LogP contribution is 2.26. The van der Waals surface area contributed by atoms with Gasteiger partial charge in [0.15, 0.2) is 5.82 Å². The van der Waals surface area contributed by atoms with Gasteiger partial charge in [-0.2, -0.15) is 0 Å². The SMILES string of the molecule is Cc1ncc(F)c(C(=O)O)c1C(F)F. The third-order valence-electron chi connectivity index (χ3n) is 1.70. The molecule has 1 N–H and O–H groups in total. The summed E-state index contributed by atoms with van der Waals surface area (Å²) in [7, 11) is 0. The van der Waals surface area contributed by atoms with Gasteiger partial charge in [0.1, 0.15) is 5.56 Å². The van der Waals surface area contributed by atoms with Crippen LogP contribution in [0.15, 0.2) is 6.20 Å². The van der Waals surface area contributed by atoms with E-state index in [0.29, 0.717) is 6.20 Å². The molecule has 0 radical (unpaired) electrons. The van der Waals surface area contributed by atoms with Gasteiger partial charge >= 0.3 is 5.97 Å². The molecule has 1 aromatic heterocycles. The summed E-state index contributed by atoms with van der Waals surface area (Å²) in [6.07, 6.45) is -2.44. The number of pyridine rings is 1. The van der Waals surface area contributed by atoms with Crippen LogP contribution in [0.25, 0.3) is 0 Å². The molecule has 1 rings (SSSR count). The topological polar surface area (TPSA) is 50.2 Å². The number of halogens is 3. The van der Waals surface area contributed by atoms with Crippen molar-refractivity contribution in [2.24, 2.45) is 0 Å². The zero-order chi connectivity index (χ0) is 10.9. The summed E-state index contributed by atoms with van der Waals surface area (Å²) in [5.74, 6) is -2.97. The van der Waals surface area contributed by atoms with Crippen molar-refractivity contribution in [1.82, 2.24) is 4.98 Å². The second-order valence-corrected chi connectivity index (χ2v) is 2.59. The number of hydrogen-bond donors (Lipinski definition) is 1. The Bertz CT molecular complexity index is 379. The molecule has 76 valence electrons. The molecule has 0 bridgehead atoms. The molecule has 0 unspecified atom stereocenters. The van der Waals surface area contributed by atoms with Gasteiger partial charge in [-0.3, -0.25) is 4.98 Å². The van der Waals surface area contributed by atoms with E-state index in [1.807, 2.05) is 0 Å². The minimum absolute atomic E-state index is 0.182. The van der Waals surface area contributed by atoms with E-state index in [-0.39, 0.29) is 5.69 Å². The molecule has 1 heterocycles. The highest BCUT2D eigenvalue weighted by Gasteiger charge is 2.24. The van der Waals surface area contributed by atoms with E-state index in [2.05, 4.69) is 4.98 Å². The predicted octanol–water partition coefficient (Wildman–Crippen LogP) is 2.16. The number of hydrogen-bond acceptors (Lipinski definition) is 2. The first-order valence-electron chi connectivity index (χ1n) is 3.61. The Morgan fingerprint density at radius 3 is 2.50 bits per heavy atom. The highest BCUT2D eigenvalue weighted by atomic mass is 19.3. The summed E-state index contributed by atoms with van der Waals surface area (Å²) in [6.45, 7) is 1.20. The lowest BCUT2D eigenvalue weighted by Crippen LogP contribution is -2.09. The van der Waals surface area contributed by atoms with Crippen LogP contribution in [0.2, 0.25) is 0 Å². The Balaban J connectivity index is 3.50. The lowest BCUT2D eigenvalue weighted by molar-refractivity contribution is 0.0677. The number of nitrogens with zero attached hydrogens (tertiary/aromatic N) is 1. The molecular formula is C8H6F3NO2. The first-order valence-corrected chi connectivity index (χ1v) is 3.61. The molecule has 0 aromatic carbocycles. The quantitative estimate of drug-likeness (QED) is 0.804. The second-order valence-electron chi connectivity index (χ2n) is 2.59. The van der Waals surface area contributed by atoms with Gasteiger partial charge in [-0.25, -0.2) is 18.0 Å². The standard InChI is InChI=1S/C8H6F3NO2/c1-3-5(7(10)11)6(8(13)14)4(9)2-12-3/h2,7H,1H3,(H,13,14). The molecule has 0 spiro atoms. The first-order chi connectivity index (χ1) is 6.45. The minimum atomic E-state index is -3.05. The lowest BCUT2D eigenvalue weighted by atomic mass is 10.1. The smallest absolute Gasteiger partial charge is 0.339 e. The van der Waals surface area contributed by atoms with Crippen LogP contribution in [-0.4, -0.2) is 16.1 Å². The molecule has 0 fully saturated rings. The predicted molar refractivity (Wildman–Crippen MR) is 40.8 cm³/mol. The van der Waals surface area contributed by atoms with Crippen LogP contribution >= 0.6 is 0 Å². The molecule has 14 heavy (non-hydrogen) atoms. The molecule has 0 aliphatic carbocycles. The number of carbonyl (C=O) groups is 1. The monoisotopic (exact) mass is 205 g/mol. The van der Waals surface area contributed by atoms with Crippen molar-refractivity contribution < 1.29 is 23.1 Å². The van der Waals surface area contributed by atoms with Crippen LogP contribution in [0.3, 0.4) is 0 Å². The number of rotatable bonds is 2. The van der Waals surface area contributed by atoms with Crippen LogP contribution < -0.4 is 0 Å². The van der Waals surface area contributed by atoms with Crippen molar-refractivity contribution in [1.29, 1.82) is 0 Å². The highest BCUT2D eigenvalue weighted by molar-refractivity contribution is 5.90. The number of carboxylic acids is 1. The van der Waals surface area contributed by atoms with E-state index in [1.54, 1.807) is 0 Å². The third kappa shape index (κ3) is 1.68.